The van der Waals surface area contributed by atoms with Crippen LogP contribution in [0.4, 0.5) is 13.2 Å². The van der Waals surface area contributed by atoms with Crippen molar-refractivity contribution in [2.75, 3.05) is 0 Å². The van der Waals surface area contributed by atoms with Gasteiger partial charge in [0.2, 0.25) is 0 Å². The zero-order valence-electron chi connectivity index (χ0n) is 12.2. The van der Waals surface area contributed by atoms with E-state index in [4.69, 9.17) is 0 Å². The first-order valence-corrected chi connectivity index (χ1v) is 6.94. The summed E-state index contributed by atoms with van der Waals surface area (Å²) in [5, 5.41) is 1.92. The van der Waals surface area contributed by atoms with Crippen molar-refractivity contribution < 1.29 is 18.0 Å². The second-order valence-electron chi connectivity index (χ2n) is 5.24. The lowest BCUT2D eigenvalue weighted by atomic mass is 10.0. The van der Waals surface area contributed by atoms with Gasteiger partial charge in [0.25, 0.3) is 5.78 Å². The molecule has 0 bridgehead atoms. The topological polar surface area (TPSA) is 30.0 Å². The van der Waals surface area contributed by atoms with Crippen LogP contribution in [0.5, 0.6) is 0 Å². The van der Waals surface area contributed by atoms with E-state index in [0.717, 1.165) is 16.5 Å². The summed E-state index contributed by atoms with van der Waals surface area (Å²) in [6.45, 7) is 1.86. The Labute approximate surface area is 130 Å². The van der Waals surface area contributed by atoms with E-state index >= 15 is 0 Å². The van der Waals surface area contributed by atoms with Crippen molar-refractivity contribution in [1.29, 1.82) is 0 Å². The van der Waals surface area contributed by atoms with Gasteiger partial charge in [-0.1, -0.05) is 48.5 Å². The minimum Gasteiger partial charge on any atom is -0.284 e. The third-order valence-electron chi connectivity index (χ3n) is 3.55. The van der Waals surface area contributed by atoms with Crippen molar-refractivity contribution in [3.63, 3.8) is 0 Å². The minimum absolute atomic E-state index is 0.377. The summed E-state index contributed by atoms with van der Waals surface area (Å²) in [5.74, 6) is -1.84. The highest BCUT2D eigenvalue weighted by molar-refractivity contribution is 6.01. The molecule has 23 heavy (non-hydrogen) atoms. The van der Waals surface area contributed by atoms with Gasteiger partial charge in [0.1, 0.15) is 0 Å². The maximum absolute atomic E-state index is 12.5. The number of alkyl halides is 3. The second-order valence-corrected chi connectivity index (χ2v) is 5.24. The predicted molar refractivity (Wildman–Crippen MR) is 82.3 cm³/mol. The molecule has 0 N–H and O–H groups in total. The molecule has 3 rings (SSSR count). The van der Waals surface area contributed by atoms with E-state index in [0.29, 0.717) is 11.3 Å². The summed E-state index contributed by atoms with van der Waals surface area (Å²) >= 11 is 0. The molecular weight excluding hydrogens is 303 g/mol. The number of benzene rings is 2. The van der Waals surface area contributed by atoms with Crippen LogP contribution >= 0.6 is 0 Å². The number of hydrogen-bond acceptors (Lipinski definition) is 2. The van der Waals surface area contributed by atoms with Gasteiger partial charge in [-0.15, -0.1) is 0 Å². The zero-order valence-corrected chi connectivity index (χ0v) is 12.2. The number of hydrogen-bond donors (Lipinski definition) is 0. The normalized spacial score (nSPS) is 11.7. The summed E-state index contributed by atoms with van der Waals surface area (Å²) in [4.78, 5) is 15.7. The molecule has 0 spiro atoms. The number of ketones is 1. The molecule has 116 valence electrons. The SMILES string of the molecule is Cc1cc2ccccc2c(-c2ccc(C(=O)C(F)(F)F)cc2)n1. The van der Waals surface area contributed by atoms with Gasteiger partial charge >= 0.3 is 6.18 Å². The van der Waals surface area contributed by atoms with Crippen molar-refractivity contribution in [3.05, 3.63) is 65.9 Å². The number of aryl methyl sites for hydroxylation is 1. The molecule has 2 nitrogen and oxygen atoms in total. The fourth-order valence-corrected chi connectivity index (χ4v) is 2.50. The van der Waals surface area contributed by atoms with Crippen LogP contribution in [0.1, 0.15) is 16.1 Å². The number of Topliss-reactive ketones (excluding diaryl/α,β-unsaturated/α-hetero) is 1. The molecule has 0 saturated carbocycles. The molecule has 0 aliphatic rings. The molecule has 0 radical (unpaired) electrons. The third kappa shape index (κ3) is 2.95. The summed E-state index contributed by atoms with van der Waals surface area (Å²) in [5.41, 5.74) is 1.79. The van der Waals surface area contributed by atoms with Gasteiger partial charge in [-0.05, 0) is 18.4 Å². The Bertz CT molecular complexity index is 883. The number of nitrogens with zero attached hydrogens (tertiary/aromatic N) is 1. The maximum Gasteiger partial charge on any atom is 0.454 e. The van der Waals surface area contributed by atoms with Gasteiger partial charge in [-0.2, -0.15) is 13.2 Å². The van der Waals surface area contributed by atoms with Crippen LogP contribution < -0.4 is 0 Å². The van der Waals surface area contributed by atoms with Gasteiger partial charge in [0.15, 0.2) is 0 Å². The van der Waals surface area contributed by atoms with Crippen molar-refractivity contribution >= 4 is 16.6 Å². The van der Waals surface area contributed by atoms with Crippen LogP contribution in [0.2, 0.25) is 0 Å². The highest BCUT2D eigenvalue weighted by Crippen LogP contribution is 2.29. The quantitative estimate of drug-likeness (QED) is 0.626. The first kappa shape index (κ1) is 15.2. The molecule has 3 aromatic rings. The van der Waals surface area contributed by atoms with E-state index < -0.39 is 12.0 Å². The lowest BCUT2D eigenvalue weighted by molar-refractivity contribution is -0.0885. The lowest BCUT2D eigenvalue weighted by Gasteiger charge is -2.09. The maximum atomic E-state index is 12.5. The minimum atomic E-state index is -4.87. The van der Waals surface area contributed by atoms with Gasteiger partial charge in [0.05, 0.1) is 5.69 Å². The van der Waals surface area contributed by atoms with Crippen molar-refractivity contribution in [2.45, 2.75) is 13.1 Å². The number of fused-ring (bicyclic) bond motifs is 1. The van der Waals surface area contributed by atoms with E-state index in [1.54, 1.807) is 0 Å². The molecule has 0 amide bonds. The van der Waals surface area contributed by atoms with Crippen molar-refractivity contribution in [3.8, 4) is 11.3 Å². The second kappa shape index (κ2) is 5.50. The Kier molecular flexibility index (Phi) is 3.64. The molecule has 0 fully saturated rings. The van der Waals surface area contributed by atoms with Crippen LogP contribution in [0.15, 0.2) is 54.6 Å². The molecule has 0 aliphatic carbocycles. The molecule has 0 saturated heterocycles. The Morgan fingerprint density at radius 3 is 2.30 bits per heavy atom. The Morgan fingerprint density at radius 2 is 1.65 bits per heavy atom. The Hall–Kier alpha value is -2.69. The first-order chi connectivity index (χ1) is 10.9. The molecule has 0 unspecified atom stereocenters. The predicted octanol–water partition coefficient (Wildman–Crippen LogP) is 4.96. The van der Waals surface area contributed by atoms with Gasteiger partial charge in [0, 0.05) is 22.2 Å². The Balaban J connectivity index is 2.08. The van der Waals surface area contributed by atoms with Crippen LogP contribution in [-0.4, -0.2) is 16.9 Å². The average molecular weight is 315 g/mol. The van der Waals surface area contributed by atoms with E-state index in [1.165, 1.54) is 24.3 Å². The van der Waals surface area contributed by atoms with Crippen LogP contribution in [0.25, 0.3) is 22.0 Å². The van der Waals surface area contributed by atoms with Crippen molar-refractivity contribution in [1.82, 2.24) is 4.98 Å². The summed E-state index contributed by atoms with van der Waals surface area (Å²) < 4.78 is 37.4. The monoisotopic (exact) mass is 315 g/mol. The summed E-state index contributed by atoms with van der Waals surface area (Å²) in [7, 11) is 0. The van der Waals surface area contributed by atoms with Gasteiger partial charge < -0.3 is 0 Å². The Morgan fingerprint density at radius 1 is 1.00 bits per heavy atom. The van der Waals surface area contributed by atoms with Crippen LogP contribution in [0.3, 0.4) is 0 Å². The van der Waals surface area contributed by atoms with Gasteiger partial charge in [-0.3, -0.25) is 9.78 Å². The number of carbonyl (C=O) groups excluding carboxylic acids is 1. The number of pyridine rings is 1. The molecule has 0 aliphatic heterocycles. The van der Waals surface area contributed by atoms with Crippen LogP contribution in [-0.2, 0) is 0 Å². The largest absolute Gasteiger partial charge is 0.454 e. The fraction of sp³-hybridized carbons (Fsp3) is 0.111. The molecule has 1 aromatic heterocycles. The molecule has 2 aromatic carbocycles. The average Bonchev–Trinajstić information content (AvgIpc) is 2.52. The smallest absolute Gasteiger partial charge is 0.284 e. The number of aromatic nitrogens is 1. The first-order valence-electron chi connectivity index (χ1n) is 6.94. The number of rotatable bonds is 2. The molecule has 0 atom stereocenters. The standard InChI is InChI=1S/C18H12F3NO/c1-11-10-14-4-2-3-5-15(14)16(22-11)12-6-8-13(9-7-12)17(23)18(19,20)21/h2-10H,1H3. The van der Waals surface area contributed by atoms with E-state index in [9.17, 15) is 18.0 Å². The van der Waals surface area contributed by atoms with Crippen molar-refractivity contribution in [2.24, 2.45) is 0 Å². The van der Waals surface area contributed by atoms with Gasteiger partial charge in [-0.25, -0.2) is 0 Å². The lowest BCUT2D eigenvalue weighted by Crippen LogP contribution is -2.22. The van der Waals surface area contributed by atoms with E-state index in [1.807, 2.05) is 37.3 Å². The third-order valence-corrected chi connectivity index (χ3v) is 3.55. The zero-order chi connectivity index (χ0) is 16.6. The molecule has 5 heteroatoms. The molecule has 1 heterocycles. The fourth-order valence-electron chi connectivity index (χ4n) is 2.50. The van der Waals surface area contributed by atoms with Crippen LogP contribution in [0, 0.1) is 6.92 Å². The van der Waals surface area contributed by atoms with E-state index in [2.05, 4.69) is 4.98 Å². The molecular formula is C18H12F3NO. The highest BCUT2D eigenvalue weighted by Gasteiger charge is 2.39. The summed E-state index contributed by atoms with van der Waals surface area (Å²) in [6.07, 6.45) is -4.87. The van der Waals surface area contributed by atoms with E-state index in [-0.39, 0.29) is 5.56 Å². The highest BCUT2D eigenvalue weighted by atomic mass is 19.4. The summed E-state index contributed by atoms with van der Waals surface area (Å²) in [6, 6.07) is 15.0. The number of halogens is 3. The number of carbonyl (C=O) groups is 1.